The Labute approximate surface area is 111 Å². The molecule has 1 N–H and O–H groups in total. The van der Waals surface area contributed by atoms with Gasteiger partial charge in [0.1, 0.15) is 0 Å². The van der Waals surface area contributed by atoms with Crippen LogP contribution in [0.25, 0.3) is 0 Å². The Morgan fingerprint density at radius 1 is 1.22 bits per heavy atom. The maximum atomic E-state index is 9.78. The first-order valence-electron chi connectivity index (χ1n) is 6.88. The molecule has 0 saturated heterocycles. The average Bonchev–Trinajstić information content (AvgIpc) is 2.40. The van der Waals surface area contributed by atoms with Crippen LogP contribution in [0.5, 0.6) is 0 Å². The number of aliphatic hydroxyl groups excluding tert-OH is 1. The number of ether oxygens (including phenoxy) is 1. The van der Waals surface area contributed by atoms with Crippen LogP contribution >= 0.6 is 0 Å². The fraction of sp³-hybridized carbons (Fsp3) is 0.625. The summed E-state index contributed by atoms with van der Waals surface area (Å²) < 4.78 is 5.66. The molecule has 102 valence electrons. The van der Waals surface area contributed by atoms with E-state index in [9.17, 15) is 5.11 Å². The summed E-state index contributed by atoms with van der Waals surface area (Å²) in [6.07, 6.45) is 1.80. The third kappa shape index (κ3) is 4.11. The first-order valence-corrected chi connectivity index (χ1v) is 6.88. The van der Waals surface area contributed by atoms with E-state index in [1.54, 1.807) is 0 Å². The van der Waals surface area contributed by atoms with Gasteiger partial charge in [-0.2, -0.15) is 0 Å². The van der Waals surface area contributed by atoms with Crippen LogP contribution in [0.4, 0.5) is 0 Å². The maximum Gasteiger partial charge on any atom is 0.0528 e. The summed E-state index contributed by atoms with van der Waals surface area (Å²) in [5.74, 6) is 0.562. The minimum atomic E-state index is -0.155. The molecule has 0 saturated carbocycles. The first-order chi connectivity index (χ1) is 8.64. The van der Waals surface area contributed by atoms with Crippen LogP contribution in [-0.2, 0) is 10.2 Å². The lowest BCUT2D eigenvalue weighted by atomic mass is 9.76. The normalized spacial score (nSPS) is 14.7. The van der Waals surface area contributed by atoms with E-state index in [0.717, 1.165) is 19.4 Å². The summed E-state index contributed by atoms with van der Waals surface area (Å²) in [6, 6.07) is 10.3. The van der Waals surface area contributed by atoms with E-state index >= 15 is 0 Å². The van der Waals surface area contributed by atoms with Crippen LogP contribution in [0, 0.1) is 5.92 Å². The molecule has 0 bridgehead atoms. The van der Waals surface area contributed by atoms with Crippen LogP contribution in [0.2, 0.25) is 0 Å². The van der Waals surface area contributed by atoms with Crippen molar-refractivity contribution in [2.75, 3.05) is 19.8 Å². The van der Waals surface area contributed by atoms with Crippen molar-refractivity contribution in [3.05, 3.63) is 35.9 Å². The number of hydrogen-bond donors (Lipinski definition) is 1. The Morgan fingerprint density at radius 3 is 2.39 bits per heavy atom. The van der Waals surface area contributed by atoms with Crippen LogP contribution in [0.1, 0.15) is 39.2 Å². The molecular weight excluding hydrogens is 224 g/mol. The molecule has 0 fully saturated rings. The summed E-state index contributed by atoms with van der Waals surface area (Å²) >= 11 is 0. The molecular formula is C16H26O2. The Hall–Kier alpha value is -0.860. The molecule has 0 heterocycles. The Morgan fingerprint density at radius 2 is 1.89 bits per heavy atom. The molecule has 0 amide bonds. The predicted octanol–water partition coefficient (Wildman–Crippen LogP) is 3.39. The molecule has 2 nitrogen and oxygen atoms in total. The Kier molecular flexibility index (Phi) is 6.37. The standard InChI is InChI=1S/C16H26O2/c1-4-16(13-17,10-11-18-12-14(2)3)15-8-6-5-7-9-15/h5-9,14,17H,4,10-13H2,1-3H3. The van der Waals surface area contributed by atoms with E-state index in [0.29, 0.717) is 12.5 Å². The van der Waals surface area contributed by atoms with Crippen LogP contribution in [-0.4, -0.2) is 24.9 Å². The molecule has 1 atom stereocenters. The minimum absolute atomic E-state index is 0.155. The maximum absolute atomic E-state index is 9.78. The smallest absolute Gasteiger partial charge is 0.0528 e. The summed E-state index contributed by atoms with van der Waals surface area (Å²) in [6.45, 7) is 8.11. The summed E-state index contributed by atoms with van der Waals surface area (Å²) in [5, 5.41) is 9.78. The van der Waals surface area contributed by atoms with Gasteiger partial charge in [0.25, 0.3) is 0 Å². The second-order valence-electron chi connectivity index (χ2n) is 5.38. The molecule has 1 aromatic rings. The van der Waals surface area contributed by atoms with E-state index in [4.69, 9.17) is 4.74 Å². The summed E-state index contributed by atoms with van der Waals surface area (Å²) in [4.78, 5) is 0. The summed E-state index contributed by atoms with van der Waals surface area (Å²) in [7, 11) is 0. The molecule has 0 aliphatic carbocycles. The third-order valence-electron chi connectivity index (χ3n) is 3.54. The van der Waals surface area contributed by atoms with Gasteiger partial charge in [0.05, 0.1) is 6.61 Å². The fourth-order valence-corrected chi connectivity index (χ4v) is 2.19. The van der Waals surface area contributed by atoms with Gasteiger partial charge in [-0.1, -0.05) is 51.1 Å². The molecule has 0 aliphatic rings. The van der Waals surface area contributed by atoms with Crippen molar-refractivity contribution < 1.29 is 9.84 Å². The minimum Gasteiger partial charge on any atom is -0.395 e. The molecule has 0 aliphatic heterocycles. The first kappa shape index (κ1) is 15.2. The van der Waals surface area contributed by atoms with Crippen molar-refractivity contribution in [2.24, 2.45) is 5.92 Å². The highest BCUT2D eigenvalue weighted by Crippen LogP contribution is 2.31. The molecule has 1 unspecified atom stereocenters. The van der Waals surface area contributed by atoms with Gasteiger partial charge in [-0.3, -0.25) is 0 Å². The van der Waals surface area contributed by atoms with Crippen molar-refractivity contribution in [2.45, 2.75) is 39.0 Å². The van der Waals surface area contributed by atoms with Crippen LogP contribution < -0.4 is 0 Å². The van der Waals surface area contributed by atoms with Gasteiger partial charge < -0.3 is 9.84 Å². The van der Waals surface area contributed by atoms with Gasteiger partial charge in [-0.05, 0) is 24.3 Å². The van der Waals surface area contributed by atoms with Crippen molar-refractivity contribution in [3.63, 3.8) is 0 Å². The zero-order valence-electron chi connectivity index (χ0n) is 11.9. The lowest BCUT2D eigenvalue weighted by Gasteiger charge is -2.31. The van der Waals surface area contributed by atoms with Gasteiger partial charge in [-0.25, -0.2) is 0 Å². The van der Waals surface area contributed by atoms with Gasteiger partial charge in [0, 0.05) is 18.6 Å². The lowest BCUT2D eigenvalue weighted by Crippen LogP contribution is -2.31. The molecule has 0 radical (unpaired) electrons. The zero-order valence-corrected chi connectivity index (χ0v) is 11.9. The Balaban J connectivity index is 2.64. The van der Waals surface area contributed by atoms with Crippen molar-refractivity contribution in [1.82, 2.24) is 0 Å². The Bertz CT molecular complexity index is 315. The highest BCUT2D eigenvalue weighted by Gasteiger charge is 2.29. The number of aliphatic hydroxyl groups is 1. The van der Waals surface area contributed by atoms with Gasteiger partial charge in [0.2, 0.25) is 0 Å². The van der Waals surface area contributed by atoms with E-state index in [1.807, 2.05) is 18.2 Å². The van der Waals surface area contributed by atoms with Crippen molar-refractivity contribution in [3.8, 4) is 0 Å². The quantitative estimate of drug-likeness (QED) is 0.717. The predicted molar refractivity (Wildman–Crippen MR) is 75.8 cm³/mol. The van der Waals surface area contributed by atoms with Crippen molar-refractivity contribution >= 4 is 0 Å². The second kappa shape index (κ2) is 7.55. The number of rotatable bonds is 8. The van der Waals surface area contributed by atoms with Crippen molar-refractivity contribution in [1.29, 1.82) is 0 Å². The number of hydrogen-bond acceptors (Lipinski definition) is 2. The molecule has 0 spiro atoms. The topological polar surface area (TPSA) is 29.5 Å². The number of benzene rings is 1. The van der Waals surface area contributed by atoms with E-state index in [2.05, 4.69) is 32.9 Å². The molecule has 2 heteroatoms. The largest absolute Gasteiger partial charge is 0.395 e. The molecule has 18 heavy (non-hydrogen) atoms. The fourth-order valence-electron chi connectivity index (χ4n) is 2.19. The molecule has 1 rings (SSSR count). The van der Waals surface area contributed by atoms with Gasteiger partial charge in [0.15, 0.2) is 0 Å². The highest BCUT2D eigenvalue weighted by atomic mass is 16.5. The molecule has 1 aromatic carbocycles. The van der Waals surface area contributed by atoms with E-state index < -0.39 is 0 Å². The highest BCUT2D eigenvalue weighted by molar-refractivity contribution is 5.25. The van der Waals surface area contributed by atoms with Crippen LogP contribution in [0.3, 0.4) is 0 Å². The summed E-state index contributed by atoms with van der Waals surface area (Å²) in [5.41, 5.74) is 1.06. The SMILES string of the molecule is CCC(CO)(CCOCC(C)C)c1ccccc1. The van der Waals surface area contributed by atoms with Crippen LogP contribution in [0.15, 0.2) is 30.3 Å². The molecule has 0 aromatic heterocycles. The lowest BCUT2D eigenvalue weighted by molar-refractivity contribution is 0.0758. The third-order valence-corrected chi connectivity index (χ3v) is 3.54. The van der Waals surface area contributed by atoms with Gasteiger partial charge in [-0.15, -0.1) is 0 Å². The average molecular weight is 250 g/mol. The second-order valence-corrected chi connectivity index (χ2v) is 5.38. The monoisotopic (exact) mass is 250 g/mol. The zero-order chi connectivity index (χ0) is 13.4. The van der Waals surface area contributed by atoms with E-state index in [-0.39, 0.29) is 12.0 Å². The van der Waals surface area contributed by atoms with Gasteiger partial charge >= 0.3 is 0 Å². The van der Waals surface area contributed by atoms with E-state index in [1.165, 1.54) is 5.56 Å².